The second kappa shape index (κ2) is 8.47. The lowest BCUT2D eigenvalue weighted by molar-refractivity contribution is -0.256. The Bertz CT molecular complexity index is 1210. The Morgan fingerprint density at radius 1 is 0.938 bits per heavy atom. The molecule has 10 heteroatoms. The largest absolute Gasteiger partial charge is 0.422 e. The quantitative estimate of drug-likeness (QED) is 0.272. The standard InChI is InChI=1S/C22H18F3N3O3S/c23-22(24,25)21(29,14-32-19-9-7-18(8-10-19)28(30)31)16-6-11-20-15(12-16)13-26-27(20)17-4-2-1-3-5-17/h1-13,29-31H,14H2. The number of rotatable bonds is 6. The number of fused-ring (bicyclic) bond motifs is 1. The first kappa shape index (κ1) is 22.2. The van der Waals surface area contributed by atoms with E-state index in [1.807, 2.05) is 30.3 Å². The van der Waals surface area contributed by atoms with Crippen LogP contribution in [0.1, 0.15) is 5.56 Å². The fraction of sp³-hybridized carbons (Fsp3) is 0.136. The maximum absolute atomic E-state index is 14.0. The molecular weight excluding hydrogens is 443 g/mol. The molecule has 1 aromatic heterocycles. The highest BCUT2D eigenvalue weighted by atomic mass is 32.2. The number of thioether (sulfide) groups is 1. The smallest absolute Gasteiger partial charge is 0.376 e. The van der Waals surface area contributed by atoms with Gasteiger partial charge in [-0.15, -0.1) is 17.0 Å². The van der Waals surface area contributed by atoms with E-state index in [1.165, 1.54) is 48.7 Å². The topological polar surface area (TPSA) is 81.8 Å². The maximum atomic E-state index is 14.0. The summed E-state index contributed by atoms with van der Waals surface area (Å²) in [7, 11) is 0. The van der Waals surface area contributed by atoms with E-state index >= 15 is 0 Å². The number of para-hydroxylation sites is 1. The molecule has 0 fully saturated rings. The number of hydrogen-bond acceptors (Lipinski definition) is 6. The number of halogens is 3. The summed E-state index contributed by atoms with van der Waals surface area (Å²) in [5.74, 6) is -0.684. The molecule has 1 atom stereocenters. The molecule has 0 amide bonds. The second-order valence-electron chi connectivity index (χ2n) is 7.10. The molecule has 0 spiro atoms. The first-order chi connectivity index (χ1) is 15.2. The third kappa shape index (κ3) is 4.17. The van der Waals surface area contributed by atoms with Gasteiger partial charge in [0.1, 0.15) is 0 Å². The van der Waals surface area contributed by atoms with E-state index in [-0.39, 0.29) is 16.5 Å². The zero-order valence-electron chi connectivity index (χ0n) is 16.4. The van der Waals surface area contributed by atoms with Crippen molar-refractivity contribution in [2.75, 3.05) is 11.0 Å². The average Bonchev–Trinajstić information content (AvgIpc) is 3.21. The van der Waals surface area contributed by atoms with Crippen LogP contribution < -0.4 is 5.23 Å². The van der Waals surface area contributed by atoms with Crippen molar-refractivity contribution in [3.63, 3.8) is 0 Å². The Hall–Kier alpha value is -3.05. The average molecular weight is 461 g/mol. The van der Waals surface area contributed by atoms with Gasteiger partial charge in [-0.2, -0.15) is 18.3 Å². The van der Waals surface area contributed by atoms with Crippen molar-refractivity contribution in [1.29, 1.82) is 0 Å². The Morgan fingerprint density at radius 3 is 2.25 bits per heavy atom. The molecule has 0 saturated carbocycles. The molecule has 0 saturated heterocycles. The van der Waals surface area contributed by atoms with E-state index in [4.69, 9.17) is 10.4 Å². The molecule has 0 aliphatic carbocycles. The molecule has 0 aliphatic rings. The summed E-state index contributed by atoms with van der Waals surface area (Å²) < 4.78 is 43.5. The van der Waals surface area contributed by atoms with Gasteiger partial charge in [0.05, 0.1) is 23.1 Å². The molecule has 4 rings (SSSR count). The molecular formula is C22H18F3N3O3S. The van der Waals surface area contributed by atoms with Crippen LogP contribution in [0.15, 0.2) is 83.9 Å². The van der Waals surface area contributed by atoms with E-state index in [0.717, 1.165) is 17.4 Å². The monoisotopic (exact) mass is 461 g/mol. The van der Waals surface area contributed by atoms with Crippen molar-refractivity contribution in [2.45, 2.75) is 16.7 Å². The Balaban J connectivity index is 1.65. The Kier molecular flexibility index (Phi) is 5.87. The van der Waals surface area contributed by atoms with Gasteiger partial charge in [0.25, 0.3) is 0 Å². The first-order valence-corrected chi connectivity index (χ1v) is 10.4. The maximum Gasteiger partial charge on any atom is 0.422 e. The van der Waals surface area contributed by atoms with Crippen LogP contribution in [0.5, 0.6) is 0 Å². The lowest BCUT2D eigenvalue weighted by Crippen LogP contribution is -2.44. The van der Waals surface area contributed by atoms with Crippen LogP contribution in [0.3, 0.4) is 0 Å². The number of aliphatic hydroxyl groups is 1. The van der Waals surface area contributed by atoms with Gasteiger partial charge in [-0.25, -0.2) is 4.68 Å². The number of anilines is 1. The summed E-state index contributed by atoms with van der Waals surface area (Å²) in [6.07, 6.45) is -3.46. The molecule has 32 heavy (non-hydrogen) atoms. The summed E-state index contributed by atoms with van der Waals surface area (Å²) in [5, 5.41) is 33.3. The van der Waals surface area contributed by atoms with Crippen LogP contribution in [-0.4, -0.2) is 37.2 Å². The molecule has 1 heterocycles. The van der Waals surface area contributed by atoms with Crippen LogP contribution in [0.25, 0.3) is 16.6 Å². The molecule has 6 nitrogen and oxygen atoms in total. The molecule has 166 valence electrons. The number of hydrogen-bond donors (Lipinski definition) is 3. The zero-order chi connectivity index (χ0) is 22.9. The Morgan fingerprint density at radius 2 is 1.62 bits per heavy atom. The van der Waals surface area contributed by atoms with E-state index in [0.29, 0.717) is 15.8 Å². The third-order valence-corrected chi connectivity index (χ3v) is 6.20. The van der Waals surface area contributed by atoms with Crippen molar-refractivity contribution < 1.29 is 28.7 Å². The SMILES string of the molecule is ON(O)c1ccc(SCC(O)(c2ccc3c(cnn3-c3ccccc3)c2)C(F)(F)F)cc1. The molecule has 0 radical (unpaired) electrons. The summed E-state index contributed by atoms with van der Waals surface area (Å²) in [6.45, 7) is 0. The van der Waals surface area contributed by atoms with Crippen LogP contribution in [-0.2, 0) is 5.60 Å². The van der Waals surface area contributed by atoms with Gasteiger partial charge in [0.15, 0.2) is 5.60 Å². The normalized spacial score (nSPS) is 13.8. The van der Waals surface area contributed by atoms with E-state index < -0.39 is 17.5 Å². The predicted molar refractivity (Wildman–Crippen MR) is 114 cm³/mol. The highest BCUT2D eigenvalue weighted by Crippen LogP contribution is 2.43. The fourth-order valence-electron chi connectivity index (χ4n) is 3.26. The fourth-order valence-corrected chi connectivity index (χ4v) is 4.29. The molecule has 1 unspecified atom stereocenters. The third-order valence-electron chi connectivity index (χ3n) is 5.03. The number of benzene rings is 3. The Labute approximate surface area is 185 Å². The van der Waals surface area contributed by atoms with E-state index in [9.17, 15) is 18.3 Å². The highest BCUT2D eigenvalue weighted by molar-refractivity contribution is 7.99. The van der Waals surface area contributed by atoms with Crippen molar-refractivity contribution in [3.8, 4) is 5.69 Å². The van der Waals surface area contributed by atoms with Gasteiger partial charge in [-0.05, 0) is 54.1 Å². The number of alkyl halides is 3. The summed E-state index contributed by atoms with van der Waals surface area (Å²) >= 11 is 0.804. The predicted octanol–water partition coefficient (Wildman–Crippen LogP) is 5.15. The second-order valence-corrected chi connectivity index (χ2v) is 8.14. The zero-order valence-corrected chi connectivity index (χ0v) is 17.3. The van der Waals surface area contributed by atoms with E-state index in [1.54, 1.807) is 4.68 Å². The molecule has 0 bridgehead atoms. The van der Waals surface area contributed by atoms with Crippen LogP contribution in [0, 0.1) is 0 Å². The summed E-state index contributed by atoms with van der Waals surface area (Å²) in [6, 6.07) is 18.8. The lowest BCUT2D eigenvalue weighted by Gasteiger charge is -2.31. The van der Waals surface area contributed by atoms with Gasteiger partial charge in [0, 0.05) is 16.0 Å². The van der Waals surface area contributed by atoms with Gasteiger partial charge < -0.3 is 5.11 Å². The van der Waals surface area contributed by atoms with Crippen molar-refractivity contribution in [3.05, 3.63) is 84.6 Å². The van der Waals surface area contributed by atoms with Crippen molar-refractivity contribution in [1.82, 2.24) is 9.78 Å². The van der Waals surface area contributed by atoms with Crippen molar-refractivity contribution in [2.24, 2.45) is 0 Å². The highest BCUT2D eigenvalue weighted by Gasteiger charge is 2.55. The minimum absolute atomic E-state index is 0.0568. The minimum atomic E-state index is -4.92. The van der Waals surface area contributed by atoms with E-state index in [2.05, 4.69) is 5.10 Å². The molecule has 4 aromatic rings. The molecule has 3 aromatic carbocycles. The van der Waals surface area contributed by atoms with Gasteiger partial charge in [-0.3, -0.25) is 10.4 Å². The summed E-state index contributed by atoms with van der Waals surface area (Å²) in [5.41, 5.74) is -1.94. The lowest BCUT2D eigenvalue weighted by atomic mass is 9.94. The van der Waals surface area contributed by atoms with Gasteiger partial charge in [0.2, 0.25) is 0 Å². The first-order valence-electron chi connectivity index (χ1n) is 9.42. The number of aromatic nitrogens is 2. The molecule has 3 N–H and O–H groups in total. The van der Waals surface area contributed by atoms with Crippen LogP contribution in [0.2, 0.25) is 0 Å². The minimum Gasteiger partial charge on any atom is -0.376 e. The van der Waals surface area contributed by atoms with Gasteiger partial charge in [-0.1, -0.05) is 24.3 Å². The van der Waals surface area contributed by atoms with Crippen molar-refractivity contribution >= 4 is 28.4 Å². The van der Waals surface area contributed by atoms with Gasteiger partial charge >= 0.3 is 6.18 Å². The van der Waals surface area contributed by atoms with Crippen LogP contribution >= 0.6 is 11.8 Å². The molecule has 0 aliphatic heterocycles. The number of nitrogens with zero attached hydrogens (tertiary/aromatic N) is 3. The van der Waals surface area contributed by atoms with Crippen LogP contribution in [0.4, 0.5) is 18.9 Å². The summed E-state index contributed by atoms with van der Waals surface area (Å²) in [4.78, 5) is 0.427.